The van der Waals surface area contributed by atoms with Crippen LogP contribution in [0.25, 0.3) is 0 Å². The van der Waals surface area contributed by atoms with Crippen LogP contribution in [0.4, 0.5) is 0 Å². The first-order valence-corrected chi connectivity index (χ1v) is 11.8. The number of hydrogen-bond acceptors (Lipinski definition) is 3. The van der Waals surface area contributed by atoms with Crippen molar-refractivity contribution in [2.45, 2.75) is 57.6 Å². The Bertz CT molecular complexity index is 951. The van der Waals surface area contributed by atoms with Gasteiger partial charge in [0.1, 0.15) is 18.4 Å². The Kier molecular flexibility index (Phi) is 5.66. The highest BCUT2D eigenvalue weighted by atomic mass is 16.5. The predicted octanol–water partition coefficient (Wildman–Crippen LogP) is 4.59. The van der Waals surface area contributed by atoms with Gasteiger partial charge in [0, 0.05) is 11.8 Å². The first kappa shape index (κ1) is 21.0. The summed E-state index contributed by atoms with van der Waals surface area (Å²) in [6.45, 7) is 0.454. The molecule has 0 aromatic heterocycles. The van der Waals surface area contributed by atoms with E-state index in [0.29, 0.717) is 30.1 Å². The molecule has 4 aliphatic carbocycles. The fourth-order valence-electron chi connectivity index (χ4n) is 6.64. The maximum Gasteiger partial charge on any atom is 0.326 e. The van der Waals surface area contributed by atoms with Gasteiger partial charge in [0.2, 0.25) is 5.91 Å². The molecule has 4 aliphatic rings. The van der Waals surface area contributed by atoms with Crippen LogP contribution < -0.4 is 10.1 Å². The molecule has 0 radical (unpaired) electrons. The molecule has 4 saturated carbocycles. The highest BCUT2D eigenvalue weighted by Crippen LogP contribution is 2.60. The van der Waals surface area contributed by atoms with E-state index in [1.165, 1.54) is 19.3 Å². The van der Waals surface area contributed by atoms with Crippen LogP contribution in [-0.2, 0) is 22.6 Å². The Morgan fingerprint density at radius 1 is 0.938 bits per heavy atom. The highest BCUT2D eigenvalue weighted by Gasteiger charge is 2.54. The Labute approximate surface area is 189 Å². The van der Waals surface area contributed by atoms with Crippen molar-refractivity contribution >= 4 is 11.9 Å². The van der Waals surface area contributed by atoms with Crippen LogP contribution >= 0.6 is 0 Å². The smallest absolute Gasteiger partial charge is 0.326 e. The minimum absolute atomic E-state index is 0.0412. The molecular weight excluding hydrogens is 402 g/mol. The molecular formula is C27H31NO4. The van der Waals surface area contributed by atoms with E-state index in [1.807, 2.05) is 54.6 Å². The third kappa shape index (κ3) is 4.38. The number of ether oxygens (including phenoxy) is 1. The Morgan fingerprint density at radius 2 is 1.56 bits per heavy atom. The average Bonchev–Trinajstić information content (AvgIpc) is 2.77. The lowest BCUT2D eigenvalue weighted by Crippen LogP contribution is -2.56. The molecule has 5 nitrogen and oxygen atoms in total. The Morgan fingerprint density at radius 3 is 2.19 bits per heavy atom. The summed E-state index contributed by atoms with van der Waals surface area (Å²) in [6.07, 6.45) is 6.80. The van der Waals surface area contributed by atoms with Gasteiger partial charge in [0.15, 0.2) is 0 Å². The SMILES string of the molecule is O=C(O)[C@@H](Cc1cccc(OCc2ccccc2)c1)NC(=O)C12CC3CC(CC(C3)C1)C2. The molecule has 0 saturated heterocycles. The topological polar surface area (TPSA) is 75.6 Å². The van der Waals surface area contributed by atoms with Gasteiger partial charge in [0.05, 0.1) is 0 Å². The number of nitrogens with one attached hydrogen (secondary N) is 1. The van der Waals surface area contributed by atoms with Crippen LogP contribution in [0, 0.1) is 23.2 Å². The first-order valence-electron chi connectivity index (χ1n) is 11.8. The molecule has 0 unspecified atom stereocenters. The van der Waals surface area contributed by atoms with Gasteiger partial charge in [-0.1, -0.05) is 42.5 Å². The molecule has 2 N–H and O–H groups in total. The van der Waals surface area contributed by atoms with E-state index in [2.05, 4.69) is 5.32 Å². The number of carbonyl (C=O) groups is 2. The van der Waals surface area contributed by atoms with Gasteiger partial charge in [-0.15, -0.1) is 0 Å². The van der Waals surface area contributed by atoms with Crippen LogP contribution in [0.2, 0.25) is 0 Å². The second-order valence-electron chi connectivity index (χ2n) is 10.2. The molecule has 168 valence electrons. The van der Waals surface area contributed by atoms with Crippen molar-refractivity contribution in [3.8, 4) is 5.75 Å². The maximum absolute atomic E-state index is 13.3. The first-order chi connectivity index (χ1) is 15.5. The molecule has 0 spiro atoms. The van der Waals surface area contributed by atoms with Crippen molar-refractivity contribution in [3.63, 3.8) is 0 Å². The number of aliphatic carboxylic acids is 1. The molecule has 2 aromatic rings. The van der Waals surface area contributed by atoms with E-state index in [1.54, 1.807) is 0 Å². The quantitative estimate of drug-likeness (QED) is 0.638. The largest absolute Gasteiger partial charge is 0.489 e. The lowest BCUT2D eigenvalue weighted by atomic mass is 9.49. The van der Waals surface area contributed by atoms with Gasteiger partial charge < -0.3 is 15.2 Å². The van der Waals surface area contributed by atoms with Gasteiger partial charge in [0.25, 0.3) is 0 Å². The van der Waals surface area contributed by atoms with E-state index in [0.717, 1.165) is 30.4 Å². The summed E-state index contributed by atoms with van der Waals surface area (Å²) in [5.41, 5.74) is 1.57. The van der Waals surface area contributed by atoms with Crippen molar-refractivity contribution < 1.29 is 19.4 Å². The number of amides is 1. The zero-order valence-electron chi connectivity index (χ0n) is 18.3. The normalized spacial score (nSPS) is 28.8. The number of carbonyl (C=O) groups excluding carboxylic acids is 1. The van der Waals surface area contributed by atoms with Gasteiger partial charge in [-0.05, 0) is 79.5 Å². The zero-order chi connectivity index (χ0) is 22.1. The van der Waals surface area contributed by atoms with Crippen LogP contribution in [0.15, 0.2) is 54.6 Å². The van der Waals surface area contributed by atoms with E-state index in [-0.39, 0.29) is 17.7 Å². The fraction of sp³-hybridized carbons (Fsp3) is 0.481. The molecule has 4 bridgehead atoms. The van der Waals surface area contributed by atoms with Crippen LogP contribution in [0.1, 0.15) is 49.7 Å². The Hall–Kier alpha value is -2.82. The molecule has 1 amide bonds. The third-order valence-electron chi connectivity index (χ3n) is 7.71. The lowest BCUT2D eigenvalue weighted by molar-refractivity contribution is -0.151. The summed E-state index contributed by atoms with van der Waals surface area (Å²) in [7, 11) is 0. The zero-order valence-corrected chi connectivity index (χ0v) is 18.3. The number of hydrogen-bond donors (Lipinski definition) is 2. The van der Waals surface area contributed by atoms with E-state index in [4.69, 9.17) is 4.74 Å². The van der Waals surface area contributed by atoms with E-state index in [9.17, 15) is 14.7 Å². The molecule has 2 aromatic carbocycles. The third-order valence-corrected chi connectivity index (χ3v) is 7.71. The van der Waals surface area contributed by atoms with Crippen molar-refractivity contribution in [2.75, 3.05) is 0 Å². The van der Waals surface area contributed by atoms with Gasteiger partial charge in [-0.2, -0.15) is 0 Å². The minimum atomic E-state index is -0.987. The van der Waals surface area contributed by atoms with E-state index < -0.39 is 12.0 Å². The number of carboxylic acid groups (broad SMARTS) is 1. The summed E-state index contributed by atoms with van der Waals surface area (Å²) in [5, 5.41) is 12.8. The molecule has 1 atom stereocenters. The summed E-state index contributed by atoms with van der Waals surface area (Å²) in [5.74, 6) is 1.61. The molecule has 0 aliphatic heterocycles. The van der Waals surface area contributed by atoms with Gasteiger partial charge in [-0.25, -0.2) is 4.79 Å². The molecule has 32 heavy (non-hydrogen) atoms. The molecule has 5 heteroatoms. The van der Waals surface area contributed by atoms with Gasteiger partial charge >= 0.3 is 5.97 Å². The van der Waals surface area contributed by atoms with Crippen LogP contribution in [0.5, 0.6) is 5.75 Å². The van der Waals surface area contributed by atoms with Crippen molar-refractivity contribution in [3.05, 3.63) is 65.7 Å². The monoisotopic (exact) mass is 433 g/mol. The molecule has 6 rings (SSSR count). The molecule has 4 fully saturated rings. The lowest BCUT2D eigenvalue weighted by Gasteiger charge is -2.55. The standard InChI is InChI=1S/C27H31NO4/c29-25(30)24(28-26(31)27-14-20-9-21(15-27)11-22(10-20)16-27)13-19-7-4-8-23(12-19)32-17-18-5-2-1-3-6-18/h1-8,12,20-22,24H,9-11,13-17H2,(H,28,31)(H,29,30)/t20?,21?,22?,24-,27?/m1/s1. The summed E-state index contributed by atoms with van der Waals surface area (Å²) in [6, 6.07) is 16.5. The number of carboxylic acids is 1. The predicted molar refractivity (Wildman–Crippen MR) is 121 cm³/mol. The van der Waals surface area contributed by atoms with Crippen molar-refractivity contribution in [1.82, 2.24) is 5.32 Å². The number of rotatable bonds is 8. The van der Waals surface area contributed by atoms with E-state index >= 15 is 0 Å². The molecule has 0 heterocycles. The summed E-state index contributed by atoms with van der Waals surface area (Å²) < 4.78 is 5.89. The highest BCUT2D eigenvalue weighted by molar-refractivity contribution is 5.88. The van der Waals surface area contributed by atoms with Crippen LogP contribution in [-0.4, -0.2) is 23.0 Å². The summed E-state index contributed by atoms with van der Waals surface area (Å²) in [4.78, 5) is 25.3. The maximum atomic E-state index is 13.3. The summed E-state index contributed by atoms with van der Waals surface area (Å²) >= 11 is 0. The fourth-order valence-corrected chi connectivity index (χ4v) is 6.64. The Balaban J connectivity index is 1.24. The van der Waals surface area contributed by atoms with Gasteiger partial charge in [-0.3, -0.25) is 4.79 Å². The second kappa shape index (κ2) is 8.61. The second-order valence-corrected chi connectivity index (χ2v) is 10.2. The minimum Gasteiger partial charge on any atom is -0.489 e. The average molecular weight is 434 g/mol. The van der Waals surface area contributed by atoms with Crippen LogP contribution in [0.3, 0.4) is 0 Å². The van der Waals surface area contributed by atoms with Crippen molar-refractivity contribution in [2.24, 2.45) is 23.2 Å². The number of benzene rings is 2. The van der Waals surface area contributed by atoms with Crippen molar-refractivity contribution in [1.29, 1.82) is 0 Å².